The molecular weight excluding hydrogens is 276 g/mol. The quantitative estimate of drug-likeness (QED) is 0.918. The second-order valence-electron chi connectivity index (χ2n) is 6.62. The Hall–Kier alpha value is -0.900. The number of rotatable bonds is 3. The molecule has 2 aliphatic rings. The zero-order valence-electron chi connectivity index (χ0n) is 12.9. The van der Waals surface area contributed by atoms with E-state index in [2.05, 4.69) is 48.3 Å². The van der Waals surface area contributed by atoms with Crippen molar-refractivity contribution in [2.45, 2.75) is 51.2 Å². The molecule has 1 aromatic carbocycles. The summed E-state index contributed by atoms with van der Waals surface area (Å²) in [5, 5.41) is 5.37. The molecule has 2 aromatic rings. The van der Waals surface area contributed by atoms with Crippen LogP contribution in [0, 0.1) is 6.92 Å². The average molecular weight is 300 g/mol. The Balaban J connectivity index is 1.56. The van der Waals surface area contributed by atoms with Crippen LogP contribution in [-0.4, -0.2) is 30.1 Å². The predicted octanol–water partition coefficient (Wildman–Crippen LogP) is 4.10. The van der Waals surface area contributed by atoms with Crippen LogP contribution >= 0.6 is 11.3 Å². The third-order valence-corrected chi connectivity index (χ3v) is 6.80. The minimum absolute atomic E-state index is 0.466. The zero-order chi connectivity index (χ0) is 14.4. The molecule has 0 aliphatic carbocycles. The van der Waals surface area contributed by atoms with E-state index < -0.39 is 0 Å². The molecule has 0 spiro atoms. The van der Waals surface area contributed by atoms with E-state index in [1.165, 1.54) is 52.9 Å². The summed E-state index contributed by atoms with van der Waals surface area (Å²) in [5.74, 6) is 0. The fraction of sp³-hybridized carbons (Fsp3) is 0.556. The predicted molar refractivity (Wildman–Crippen MR) is 91.1 cm³/mol. The average Bonchev–Trinajstić information content (AvgIpc) is 3.16. The van der Waals surface area contributed by atoms with Gasteiger partial charge in [0.1, 0.15) is 0 Å². The van der Waals surface area contributed by atoms with Gasteiger partial charge in [-0.25, -0.2) is 0 Å². The molecule has 1 N–H and O–H groups in total. The van der Waals surface area contributed by atoms with Crippen LogP contribution < -0.4 is 5.32 Å². The number of fused-ring (bicyclic) bond motifs is 2. The van der Waals surface area contributed by atoms with E-state index in [9.17, 15) is 0 Å². The number of thiophene rings is 1. The van der Waals surface area contributed by atoms with Gasteiger partial charge in [0.15, 0.2) is 0 Å². The van der Waals surface area contributed by atoms with Crippen LogP contribution in [0.1, 0.15) is 42.7 Å². The molecule has 3 unspecified atom stereocenters. The lowest BCUT2D eigenvalue weighted by atomic mass is 10.0. The summed E-state index contributed by atoms with van der Waals surface area (Å²) in [7, 11) is 0. The molecule has 0 amide bonds. The van der Waals surface area contributed by atoms with Crippen molar-refractivity contribution in [2.24, 2.45) is 0 Å². The second kappa shape index (κ2) is 5.38. The molecule has 0 radical (unpaired) electrons. The van der Waals surface area contributed by atoms with E-state index in [1.807, 2.05) is 11.3 Å². The van der Waals surface area contributed by atoms with Crippen LogP contribution in [0.2, 0.25) is 0 Å². The standard InChI is InChI=1S/C18H24N2S/c1-12-14-6-3-4-8-17(14)21-18(12)13(2)19-15-9-11-20-10-5-7-16(15)20/h3-4,6,8,13,15-16,19H,5,7,9-11H2,1-2H3. The summed E-state index contributed by atoms with van der Waals surface area (Å²) in [6, 6.07) is 10.7. The third kappa shape index (κ3) is 2.32. The van der Waals surface area contributed by atoms with Crippen molar-refractivity contribution in [3.05, 3.63) is 34.7 Å². The topological polar surface area (TPSA) is 15.3 Å². The van der Waals surface area contributed by atoms with Gasteiger partial charge in [0.25, 0.3) is 0 Å². The molecular formula is C18H24N2S. The fourth-order valence-corrected chi connectivity index (χ4v) is 5.50. The van der Waals surface area contributed by atoms with Gasteiger partial charge in [0.2, 0.25) is 0 Å². The number of benzene rings is 1. The van der Waals surface area contributed by atoms with E-state index in [0.717, 1.165) is 6.04 Å². The molecule has 0 bridgehead atoms. The van der Waals surface area contributed by atoms with Crippen molar-refractivity contribution >= 4 is 21.4 Å². The summed E-state index contributed by atoms with van der Waals surface area (Å²) in [4.78, 5) is 4.20. The maximum Gasteiger partial charge on any atom is 0.0391 e. The Morgan fingerprint density at radius 2 is 2.10 bits per heavy atom. The van der Waals surface area contributed by atoms with Gasteiger partial charge >= 0.3 is 0 Å². The van der Waals surface area contributed by atoms with Crippen molar-refractivity contribution in [1.29, 1.82) is 0 Å². The largest absolute Gasteiger partial charge is 0.305 e. The van der Waals surface area contributed by atoms with Crippen LogP contribution in [0.5, 0.6) is 0 Å². The summed E-state index contributed by atoms with van der Waals surface area (Å²) >= 11 is 1.96. The molecule has 2 saturated heterocycles. The highest BCUT2D eigenvalue weighted by atomic mass is 32.1. The van der Waals surface area contributed by atoms with Gasteiger partial charge < -0.3 is 5.32 Å². The first-order valence-electron chi connectivity index (χ1n) is 8.22. The lowest BCUT2D eigenvalue weighted by Crippen LogP contribution is -2.40. The van der Waals surface area contributed by atoms with Gasteiger partial charge in [0.05, 0.1) is 0 Å². The lowest BCUT2D eigenvalue weighted by Gasteiger charge is -2.25. The van der Waals surface area contributed by atoms with Crippen molar-refractivity contribution in [2.75, 3.05) is 13.1 Å². The summed E-state index contributed by atoms with van der Waals surface area (Å²) in [6.07, 6.45) is 4.09. The molecule has 4 rings (SSSR count). The summed E-state index contributed by atoms with van der Waals surface area (Å²) in [6.45, 7) is 7.23. The lowest BCUT2D eigenvalue weighted by molar-refractivity contribution is 0.292. The van der Waals surface area contributed by atoms with Gasteiger partial charge in [-0.05, 0) is 56.7 Å². The molecule has 112 valence electrons. The van der Waals surface area contributed by atoms with Crippen LogP contribution in [0.15, 0.2) is 24.3 Å². The Morgan fingerprint density at radius 3 is 2.95 bits per heavy atom. The molecule has 2 nitrogen and oxygen atoms in total. The van der Waals surface area contributed by atoms with Crippen LogP contribution in [0.4, 0.5) is 0 Å². The Labute approximate surface area is 131 Å². The van der Waals surface area contributed by atoms with Crippen molar-refractivity contribution in [3.63, 3.8) is 0 Å². The van der Waals surface area contributed by atoms with E-state index in [-0.39, 0.29) is 0 Å². The van der Waals surface area contributed by atoms with E-state index in [1.54, 1.807) is 0 Å². The third-order valence-electron chi connectivity index (χ3n) is 5.34. The summed E-state index contributed by atoms with van der Waals surface area (Å²) < 4.78 is 1.42. The Bertz CT molecular complexity index is 648. The van der Waals surface area contributed by atoms with Crippen LogP contribution in [-0.2, 0) is 0 Å². The molecule has 3 atom stereocenters. The van der Waals surface area contributed by atoms with Crippen LogP contribution in [0.3, 0.4) is 0 Å². The van der Waals surface area contributed by atoms with E-state index >= 15 is 0 Å². The molecule has 3 heteroatoms. The first kappa shape index (κ1) is 13.7. The smallest absolute Gasteiger partial charge is 0.0391 e. The number of hydrogen-bond donors (Lipinski definition) is 1. The minimum atomic E-state index is 0.466. The highest BCUT2D eigenvalue weighted by molar-refractivity contribution is 7.19. The Kier molecular flexibility index (Phi) is 3.52. The highest BCUT2D eigenvalue weighted by Crippen LogP contribution is 2.36. The number of nitrogens with one attached hydrogen (secondary N) is 1. The maximum absolute atomic E-state index is 3.94. The molecule has 2 aliphatic heterocycles. The number of hydrogen-bond acceptors (Lipinski definition) is 3. The first-order valence-corrected chi connectivity index (χ1v) is 9.04. The fourth-order valence-electron chi connectivity index (χ4n) is 4.28. The molecule has 21 heavy (non-hydrogen) atoms. The van der Waals surface area contributed by atoms with E-state index in [0.29, 0.717) is 12.1 Å². The highest BCUT2D eigenvalue weighted by Gasteiger charge is 2.37. The van der Waals surface area contributed by atoms with Gasteiger partial charge in [0, 0.05) is 34.2 Å². The van der Waals surface area contributed by atoms with Gasteiger partial charge in [-0.3, -0.25) is 4.90 Å². The summed E-state index contributed by atoms with van der Waals surface area (Å²) in [5.41, 5.74) is 1.47. The molecule has 3 heterocycles. The van der Waals surface area contributed by atoms with Crippen molar-refractivity contribution in [1.82, 2.24) is 10.2 Å². The van der Waals surface area contributed by atoms with E-state index in [4.69, 9.17) is 0 Å². The number of nitrogens with zero attached hydrogens (tertiary/aromatic N) is 1. The van der Waals surface area contributed by atoms with Gasteiger partial charge in [-0.1, -0.05) is 18.2 Å². The maximum atomic E-state index is 3.94. The normalized spacial score (nSPS) is 27.3. The monoisotopic (exact) mass is 300 g/mol. The zero-order valence-corrected chi connectivity index (χ0v) is 13.7. The van der Waals surface area contributed by atoms with Crippen molar-refractivity contribution in [3.8, 4) is 0 Å². The minimum Gasteiger partial charge on any atom is -0.305 e. The molecule has 1 aromatic heterocycles. The first-order chi connectivity index (χ1) is 10.2. The Morgan fingerprint density at radius 1 is 1.24 bits per heavy atom. The molecule has 0 saturated carbocycles. The molecule has 2 fully saturated rings. The SMILES string of the molecule is Cc1c(C(C)NC2CCN3CCCC23)sc2ccccc12. The van der Waals surface area contributed by atoms with Crippen molar-refractivity contribution < 1.29 is 0 Å². The number of aryl methyl sites for hydroxylation is 1. The second-order valence-corrected chi connectivity index (χ2v) is 7.70. The van der Waals surface area contributed by atoms with Gasteiger partial charge in [-0.15, -0.1) is 11.3 Å². The van der Waals surface area contributed by atoms with Crippen LogP contribution in [0.25, 0.3) is 10.1 Å². The van der Waals surface area contributed by atoms with Gasteiger partial charge in [-0.2, -0.15) is 0 Å².